The Morgan fingerprint density at radius 2 is 1.62 bits per heavy atom. The van der Waals surface area contributed by atoms with Gasteiger partial charge in [-0.1, -0.05) is 30.3 Å². The first-order valence-electron chi connectivity index (χ1n) is 12.5. The number of amides is 2. The van der Waals surface area contributed by atoms with Crippen molar-refractivity contribution in [3.05, 3.63) is 70.8 Å². The molecule has 1 saturated carbocycles. The minimum absolute atomic E-state index is 0.0325. The molecule has 6 nitrogen and oxygen atoms in total. The number of carbonyl (C=O) groups is 2. The van der Waals surface area contributed by atoms with Crippen LogP contribution in [0.25, 0.3) is 0 Å². The van der Waals surface area contributed by atoms with Crippen LogP contribution in [0.2, 0.25) is 0 Å². The molecule has 1 saturated heterocycles. The Hall–Kier alpha value is -3.12. The van der Waals surface area contributed by atoms with Crippen LogP contribution in [0, 0.1) is 5.92 Å². The number of hydrogen-bond donors (Lipinski definition) is 3. The van der Waals surface area contributed by atoms with Gasteiger partial charge in [0.1, 0.15) is 5.54 Å². The fraction of sp³-hybridized carbons (Fsp3) is 0.481. The lowest BCUT2D eigenvalue weighted by atomic mass is 9.76. The van der Waals surface area contributed by atoms with Gasteiger partial charge in [-0.2, -0.15) is 26.3 Å². The number of nitrogens with two attached hydrogens (primary N) is 1. The van der Waals surface area contributed by atoms with Crippen LogP contribution in [0.4, 0.5) is 26.3 Å². The molecule has 1 unspecified atom stereocenters. The van der Waals surface area contributed by atoms with Crippen molar-refractivity contribution >= 4 is 11.8 Å². The standard InChI is InChI=1S/C27H29F6N3O3/c1-16(18-11-20(26(28,29)30)13-21(12-18)27(31,32)33)39-15-25(19-5-3-2-4-6-19)10-9-24(14-35-25,23(34)38)36-22(37)17-7-8-17/h2-6,11-13,16-17,35H,7-10,14-15H2,1H3,(H2,34,38)(H,36,37)/t16?,24-,25+/m0/s1. The number of benzene rings is 2. The van der Waals surface area contributed by atoms with Gasteiger partial charge in [0.15, 0.2) is 0 Å². The molecule has 4 N–H and O–H groups in total. The summed E-state index contributed by atoms with van der Waals surface area (Å²) in [6.07, 6.45) is -9.22. The summed E-state index contributed by atoms with van der Waals surface area (Å²) in [4.78, 5) is 24.9. The van der Waals surface area contributed by atoms with Gasteiger partial charge in [0.25, 0.3) is 0 Å². The Morgan fingerprint density at radius 1 is 1.03 bits per heavy atom. The maximum absolute atomic E-state index is 13.4. The van der Waals surface area contributed by atoms with E-state index in [0.717, 1.165) is 18.4 Å². The first kappa shape index (κ1) is 28.9. The Labute approximate surface area is 221 Å². The Bertz CT molecular complexity index is 1170. The summed E-state index contributed by atoms with van der Waals surface area (Å²) in [5.74, 6) is -1.11. The van der Waals surface area contributed by atoms with Gasteiger partial charge in [0.05, 0.1) is 29.4 Å². The molecule has 2 aromatic carbocycles. The molecule has 1 heterocycles. The van der Waals surface area contributed by atoms with Gasteiger partial charge in [-0.15, -0.1) is 0 Å². The fourth-order valence-corrected chi connectivity index (χ4v) is 4.77. The number of rotatable bonds is 8. The largest absolute Gasteiger partial charge is 0.416 e. The lowest BCUT2D eigenvalue weighted by molar-refractivity contribution is -0.143. The average molecular weight is 558 g/mol. The zero-order valence-electron chi connectivity index (χ0n) is 21.1. The molecule has 0 radical (unpaired) electrons. The molecule has 4 rings (SSSR count). The summed E-state index contributed by atoms with van der Waals surface area (Å²) in [5.41, 5.74) is 1.01. The maximum atomic E-state index is 13.4. The number of carbonyl (C=O) groups excluding carboxylic acids is 2. The number of nitrogens with one attached hydrogen (secondary N) is 2. The van der Waals surface area contributed by atoms with Crippen molar-refractivity contribution in [2.75, 3.05) is 13.2 Å². The van der Waals surface area contributed by atoms with Crippen molar-refractivity contribution in [1.29, 1.82) is 0 Å². The average Bonchev–Trinajstić information content (AvgIpc) is 3.73. The molecule has 1 aliphatic carbocycles. The zero-order chi connectivity index (χ0) is 28.6. The summed E-state index contributed by atoms with van der Waals surface area (Å²) in [6, 6.07) is 10.3. The molecule has 12 heteroatoms. The van der Waals surface area contributed by atoms with Crippen molar-refractivity contribution in [1.82, 2.24) is 10.6 Å². The third-order valence-corrected chi connectivity index (χ3v) is 7.47. The van der Waals surface area contributed by atoms with E-state index in [0.29, 0.717) is 12.1 Å². The lowest BCUT2D eigenvalue weighted by Gasteiger charge is -2.46. The Balaban J connectivity index is 1.58. The number of ether oxygens (including phenoxy) is 1. The van der Waals surface area contributed by atoms with E-state index in [2.05, 4.69) is 10.6 Å². The van der Waals surface area contributed by atoms with Crippen LogP contribution >= 0.6 is 0 Å². The van der Waals surface area contributed by atoms with Gasteiger partial charge in [-0.25, -0.2) is 0 Å². The number of primary amides is 1. The summed E-state index contributed by atoms with van der Waals surface area (Å²) in [7, 11) is 0. The fourth-order valence-electron chi connectivity index (χ4n) is 4.77. The van der Waals surface area contributed by atoms with Gasteiger partial charge in [-0.3, -0.25) is 9.59 Å². The van der Waals surface area contributed by atoms with Crippen LogP contribution < -0.4 is 16.4 Å². The highest BCUT2D eigenvalue weighted by atomic mass is 19.4. The molecule has 212 valence electrons. The van der Waals surface area contributed by atoms with E-state index in [1.54, 1.807) is 30.3 Å². The van der Waals surface area contributed by atoms with Gasteiger partial charge in [0, 0.05) is 12.5 Å². The van der Waals surface area contributed by atoms with Crippen LogP contribution in [0.1, 0.15) is 61.0 Å². The third-order valence-electron chi connectivity index (χ3n) is 7.47. The Morgan fingerprint density at radius 3 is 2.08 bits per heavy atom. The van der Waals surface area contributed by atoms with Crippen LogP contribution in [0.5, 0.6) is 0 Å². The molecule has 0 bridgehead atoms. The molecular weight excluding hydrogens is 528 g/mol. The van der Waals surface area contributed by atoms with E-state index in [9.17, 15) is 35.9 Å². The van der Waals surface area contributed by atoms with Gasteiger partial charge < -0.3 is 21.1 Å². The monoisotopic (exact) mass is 557 g/mol. The number of alkyl halides is 6. The summed E-state index contributed by atoms with van der Waals surface area (Å²) >= 11 is 0. The normalized spacial score (nSPS) is 24.7. The molecule has 2 aliphatic rings. The van der Waals surface area contributed by atoms with Crippen molar-refractivity contribution in [3.63, 3.8) is 0 Å². The van der Waals surface area contributed by atoms with E-state index in [-0.39, 0.29) is 49.4 Å². The van der Waals surface area contributed by atoms with E-state index in [4.69, 9.17) is 10.5 Å². The van der Waals surface area contributed by atoms with Crippen molar-refractivity contribution in [2.45, 2.75) is 62.1 Å². The molecule has 2 fully saturated rings. The molecule has 0 aromatic heterocycles. The molecular formula is C27H29F6N3O3. The molecule has 39 heavy (non-hydrogen) atoms. The lowest BCUT2D eigenvalue weighted by Crippen LogP contribution is -2.69. The zero-order valence-corrected chi connectivity index (χ0v) is 21.1. The summed E-state index contributed by atoms with van der Waals surface area (Å²) in [5, 5.41) is 6.05. The highest BCUT2D eigenvalue weighted by molar-refractivity contribution is 5.92. The molecule has 3 atom stereocenters. The molecule has 0 spiro atoms. The topological polar surface area (TPSA) is 93.4 Å². The third kappa shape index (κ3) is 6.38. The van der Waals surface area contributed by atoms with E-state index < -0.39 is 46.6 Å². The summed E-state index contributed by atoms with van der Waals surface area (Å²) < 4.78 is 86.0. The molecule has 1 aliphatic heterocycles. The van der Waals surface area contributed by atoms with Crippen LogP contribution in [0.15, 0.2) is 48.5 Å². The van der Waals surface area contributed by atoms with Gasteiger partial charge in [0.2, 0.25) is 11.8 Å². The quantitative estimate of drug-likeness (QED) is 0.406. The van der Waals surface area contributed by atoms with Gasteiger partial charge >= 0.3 is 12.4 Å². The predicted octanol–water partition coefficient (Wildman–Crippen LogP) is 4.83. The second-order valence-electron chi connectivity index (χ2n) is 10.3. The van der Waals surface area contributed by atoms with E-state index in [1.165, 1.54) is 6.92 Å². The van der Waals surface area contributed by atoms with Gasteiger partial charge in [-0.05, 0) is 61.9 Å². The minimum Gasteiger partial charge on any atom is -0.372 e. The molecule has 2 aromatic rings. The van der Waals surface area contributed by atoms with Crippen LogP contribution in [0.3, 0.4) is 0 Å². The SMILES string of the molecule is CC(OC[C@@]1(c2ccccc2)CC[C@@](NC(=O)C2CC2)(C(N)=O)CN1)c1cc(C(F)(F)F)cc(C(F)(F)F)c1. The number of piperidine rings is 1. The van der Waals surface area contributed by atoms with Crippen molar-refractivity contribution < 1.29 is 40.7 Å². The smallest absolute Gasteiger partial charge is 0.372 e. The number of hydrogen-bond acceptors (Lipinski definition) is 4. The summed E-state index contributed by atoms with van der Waals surface area (Å²) in [6.45, 7) is 1.21. The highest BCUT2D eigenvalue weighted by Crippen LogP contribution is 2.40. The molecule has 2 amide bonds. The van der Waals surface area contributed by atoms with E-state index >= 15 is 0 Å². The van der Waals surface area contributed by atoms with E-state index in [1.807, 2.05) is 0 Å². The van der Waals surface area contributed by atoms with Crippen LogP contribution in [-0.2, 0) is 32.2 Å². The van der Waals surface area contributed by atoms with Crippen molar-refractivity contribution in [3.8, 4) is 0 Å². The van der Waals surface area contributed by atoms with Crippen molar-refractivity contribution in [2.24, 2.45) is 11.7 Å². The number of halogens is 6. The first-order valence-corrected chi connectivity index (χ1v) is 12.5. The Kier molecular flexibility index (Phi) is 7.74. The maximum Gasteiger partial charge on any atom is 0.416 e. The van der Waals surface area contributed by atoms with Crippen LogP contribution in [-0.4, -0.2) is 30.5 Å². The second-order valence-corrected chi connectivity index (χ2v) is 10.3. The second kappa shape index (κ2) is 10.5. The predicted molar refractivity (Wildman–Crippen MR) is 129 cm³/mol. The minimum atomic E-state index is -4.98. The first-order chi connectivity index (χ1) is 18.2. The highest BCUT2D eigenvalue weighted by Gasteiger charge is 2.49.